The van der Waals surface area contributed by atoms with E-state index < -0.39 is 0 Å². The zero-order valence-corrected chi connectivity index (χ0v) is 10.8. The minimum absolute atomic E-state index is 0.200. The van der Waals surface area contributed by atoms with Crippen LogP contribution in [0, 0.1) is 5.82 Å². The number of hydrogen-bond acceptors (Lipinski definition) is 2. The highest BCUT2D eigenvalue weighted by molar-refractivity contribution is 5.78. The number of halogens is 1. The van der Waals surface area contributed by atoms with Crippen LogP contribution in [0.5, 0.6) is 5.75 Å². The van der Waals surface area contributed by atoms with E-state index in [2.05, 4.69) is 6.92 Å². The molecule has 18 heavy (non-hydrogen) atoms. The minimum Gasteiger partial charge on any atom is -0.497 e. The third-order valence-corrected chi connectivity index (χ3v) is 3.44. The van der Waals surface area contributed by atoms with Crippen molar-refractivity contribution < 1.29 is 13.9 Å². The van der Waals surface area contributed by atoms with Crippen molar-refractivity contribution in [3.63, 3.8) is 0 Å². The van der Waals surface area contributed by atoms with Gasteiger partial charge in [0, 0.05) is 25.1 Å². The van der Waals surface area contributed by atoms with Gasteiger partial charge in [-0.25, -0.2) is 4.39 Å². The van der Waals surface area contributed by atoms with Crippen molar-refractivity contribution in [2.75, 3.05) is 13.7 Å². The highest BCUT2D eigenvalue weighted by Crippen LogP contribution is 2.20. The molecule has 2 rings (SSSR count). The van der Waals surface area contributed by atoms with E-state index in [0.717, 1.165) is 12.0 Å². The summed E-state index contributed by atoms with van der Waals surface area (Å²) in [4.78, 5) is 13.5. The molecular weight excluding hydrogens is 233 g/mol. The predicted molar refractivity (Wildman–Crippen MR) is 67.1 cm³/mol. The fourth-order valence-corrected chi connectivity index (χ4v) is 2.36. The number of hydrogen-bond donors (Lipinski definition) is 0. The molecule has 1 unspecified atom stereocenters. The Bertz CT molecular complexity index is 447. The summed E-state index contributed by atoms with van der Waals surface area (Å²) in [6, 6.07) is 4.96. The molecule has 0 spiro atoms. The van der Waals surface area contributed by atoms with Crippen molar-refractivity contribution in [2.45, 2.75) is 32.2 Å². The van der Waals surface area contributed by atoms with Crippen LogP contribution in [0.2, 0.25) is 0 Å². The van der Waals surface area contributed by atoms with E-state index in [4.69, 9.17) is 4.74 Å². The zero-order valence-electron chi connectivity index (χ0n) is 10.8. The van der Waals surface area contributed by atoms with E-state index in [1.54, 1.807) is 0 Å². The van der Waals surface area contributed by atoms with Crippen LogP contribution in [-0.4, -0.2) is 30.5 Å². The molecule has 1 saturated heterocycles. The molecule has 1 amide bonds. The number of ether oxygens (including phenoxy) is 1. The summed E-state index contributed by atoms with van der Waals surface area (Å²) < 4.78 is 18.3. The first-order valence-corrected chi connectivity index (χ1v) is 6.23. The maximum atomic E-state index is 13.3. The maximum absolute atomic E-state index is 13.3. The first-order valence-electron chi connectivity index (χ1n) is 6.23. The van der Waals surface area contributed by atoms with Gasteiger partial charge in [0.15, 0.2) is 0 Å². The number of carbonyl (C=O) groups excluding carboxylic acids is 1. The van der Waals surface area contributed by atoms with Crippen LogP contribution >= 0.6 is 0 Å². The van der Waals surface area contributed by atoms with E-state index in [0.29, 0.717) is 31.2 Å². The molecule has 0 bridgehead atoms. The number of nitrogens with zero attached hydrogens (tertiary/aromatic N) is 1. The minimum atomic E-state index is -0.301. The van der Waals surface area contributed by atoms with Crippen molar-refractivity contribution >= 4 is 5.91 Å². The molecule has 1 heterocycles. The van der Waals surface area contributed by atoms with Gasteiger partial charge in [-0.15, -0.1) is 0 Å². The average molecular weight is 251 g/mol. The van der Waals surface area contributed by atoms with Gasteiger partial charge in [-0.1, -0.05) is 0 Å². The fraction of sp³-hybridized carbons (Fsp3) is 0.500. The molecule has 1 aromatic rings. The Hall–Kier alpha value is -1.58. The van der Waals surface area contributed by atoms with E-state index in [9.17, 15) is 9.18 Å². The lowest BCUT2D eigenvalue weighted by Gasteiger charge is -2.21. The first-order chi connectivity index (χ1) is 8.60. The average Bonchev–Trinajstić information content (AvgIpc) is 2.66. The smallest absolute Gasteiger partial charge is 0.222 e. The lowest BCUT2D eigenvalue weighted by atomic mass is 10.1. The number of carbonyl (C=O) groups is 1. The SMILES string of the molecule is COc1cc(F)cc(CCN2C(=O)CCC2C)c1. The highest BCUT2D eigenvalue weighted by atomic mass is 19.1. The molecule has 1 atom stereocenters. The molecular formula is C14H18FNO2. The van der Waals surface area contributed by atoms with Crippen molar-refractivity contribution in [3.05, 3.63) is 29.6 Å². The van der Waals surface area contributed by atoms with Crippen molar-refractivity contribution in [1.82, 2.24) is 4.90 Å². The van der Waals surface area contributed by atoms with Crippen LogP contribution in [-0.2, 0) is 11.2 Å². The van der Waals surface area contributed by atoms with Gasteiger partial charge >= 0.3 is 0 Å². The summed E-state index contributed by atoms with van der Waals surface area (Å²) in [6.45, 7) is 2.70. The molecule has 0 radical (unpaired) electrons. The topological polar surface area (TPSA) is 29.5 Å². The summed E-state index contributed by atoms with van der Waals surface area (Å²) in [7, 11) is 1.52. The Morgan fingerprint density at radius 2 is 2.22 bits per heavy atom. The normalized spacial score (nSPS) is 19.4. The first kappa shape index (κ1) is 12.9. The van der Waals surface area contributed by atoms with Crippen molar-refractivity contribution in [3.8, 4) is 5.75 Å². The molecule has 3 nitrogen and oxygen atoms in total. The Kier molecular flexibility index (Phi) is 3.84. The van der Waals surface area contributed by atoms with Gasteiger partial charge in [0.05, 0.1) is 7.11 Å². The molecule has 1 fully saturated rings. The second-order valence-corrected chi connectivity index (χ2v) is 4.72. The summed E-state index contributed by atoms with van der Waals surface area (Å²) in [5.74, 6) is 0.418. The quantitative estimate of drug-likeness (QED) is 0.822. The van der Waals surface area contributed by atoms with Crippen LogP contribution in [0.25, 0.3) is 0 Å². The maximum Gasteiger partial charge on any atom is 0.222 e. The lowest BCUT2D eigenvalue weighted by Crippen LogP contribution is -2.32. The number of benzene rings is 1. The molecule has 1 aliphatic heterocycles. The largest absolute Gasteiger partial charge is 0.497 e. The summed E-state index contributed by atoms with van der Waals surface area (Å²) in [5.41, 5.74) is 0.860. The third kappa shape index (κ3) is 2.81. The van der Waals surface area contributed by atoms with Crippen LogP contribution in [0.3, 0.4) is 0 Å². The molecule has 4 heteroatoms. The number of rotatable bonds is 4. The van der Waals surface area contributed by atoms with Gasteiger partial charge in [0.2, 0.25) is 5.91 Å². The molecule has 0 saturated carbocycles. The van der Waals surface area contributed by atoms with Crippen LogP contribution < -0.4 is 4.74 Å². The van der Waals surface area contributed by atoms with Gasteiger partial charge in [-0.2, -0.15) is 0 Å². The third-order valence-electron chi connectivity index (χ3n) is 3.44. The van der Waals surface area contributed by atoms with E-state index in [1.165, 1.54) is 19.2 Å². The molecule has 0 aromatic heterocycles. The fourth-order valence-electron chi connectivity index (χ4n) is 2.36. The van der Waals surface area contributed by atoms with Gasteiger partial charge in [0.1, 0.15) is 11.6 Å². The summed E-state index contributed by atoms with van der Waals surface area (Å²) in [6.07, 6.45) is 2.21. The van der Waals surface area contributed by atoms with Gasteiger partial charge in [-0.05, 0) is 37.5 Å². The highest BCUT2D eigenvalue weighted by Gasteiger charge is 2.26. The second-order valence-electron chi connectivity index (χ2n) is 4.72. The van der Waals surface area contributed by atoms with Gasteiger partial charge in [-0.3, -0.25) is 4.79 Å². The van der Waals surface area contributed by atoms with Gasteiger partial charge in [0.25, 0.3) is 0 Å². The Morgan fingerprint density at radius 1 is 1.44 bits per heavy atom. The van der Waals surface area contributed by atoms with Crippen LogP contribution in [0.15, 0.2) is 18.2 Å². The number of likely N-dealkylation sites (tertiary alicyclic amines) is 1. The van der Waals surface area contributed by atoms with E-state index in [1.807, 2.05) is 11.0 Å². The summed E-state index contributed by atoms with van der Waals surface area (Å²) in [5, 5.41) is 0. The number of methoxy groups -OCH3 is 1. The molecule has 0 N–H and O–H groups in total. The van der Waals surface area contributed by atoms with Crippen molar-refractivity contribution in [1.29, 1.82) is 0 Å². The Balaban J connectivity index is 2.01. The number of amides is 1. The van der Waals surface area contributed by atoms with Crippen molar-refractivity contribution in [2.24, 2.45) is 0 Å². The van der Waals surface area contributed by atoms with Crippen LogP contribution in [0.1, 0.15) is 25.3 Å². The predicted octanol–water partition coefficient (Wildman–Crippen LogP) is 2.39. The summed E-state index contributed by atoms with van der Waals surface area (Å²) >= 11 is 0. The molecule has 1 aliphatic rings. The zero-order chi connectivity index (χ0) is 13.1. The van der Waals surface area contributed by atoms with E-state index in [-0.39, 0.29) is 11.7 Å². The molecule has 0 aliphatic carbocycles. The van der Waals surface area contributed by atoms with Gasteiger partial charge < -0.3 is 9.64 Å². The lowest BCUT2D eigenvalue weighted by molar-refractivity contribution is -0.128. The Morgan fingerprint density at radius 3 is 2.83 bits per heavy atom. The van der Waals surface area contributed by atoms with E-state index >= 15 is 0 Å². The second kappa shape index (κ2) is 5.38. The molecule has 1 aromatic carbocycles. The molecule has 98 valence electrons. The van der Waals surface area contributed by atoms with Crippen LogP contribution in [0.4, 0.5) is 4.39 Å². The Labute approximate surface area is 107 Å². The standard InChI is InChI=1S/C14H18FNO2/c1-10-3-4-14(17)16(10)6-5-11-7-12(15)9-13(8-11)18-2/h7-10H,3-6H2,1-2H3. The monoisotopic (exact) mass is 251 g/mol.